The highest BCUT2D eigenvalue weighted by Gasteiger charge is 2.34. The lowest BCUT2D eigenvalue weighted by Crippen LogP contribution is -2.37. The summed E-state index contributed by atoms with van der Waals surface area (Å²) in [5, 5.41) is 4.63. The normalized spacial score (nSPS) is 13.8. The Morgan fingerprint density at radius 1 is 1.00 bits per heavy atom. The lowest BCUT2D eigenvalue weighted by molar-refractivity contribution is 0.0984. The van der Waals surface area contributed by atoms with Crippen LogP contribution in [0.1, 0.15) is 27.3 Å². The summed E-state index contributed by atoms with van der Waals surface area (Å²) >= 11 is 0. The van der Waals surface area contributed by atoms with Gasteiger partial charge in [0.1, 0.15) is 16.5 Å². The fourth-order valence-electron chi connectivity index (χ4n) is 4.58. The largest absolute Gasteiger partial charge is 0.302 e. The molecule has 190 valence electrons. The molecule has 0 bridgehead atoms. The van der Waals surface area contributed by atoms with Crippen LogP contribution in [0.2, 0.25) is 0 Å². The Balaban J connectivity index is 1.50. The molecule has 0 unspecified atom stereocenters. The molecule has 1 aliphatic heterocycles. The molecule has 4 aromatic rings. The Labute approximate surface area is 213 Å². The molecule has 1 aliphatic rings. The quantitative estimate of drug-likeness (QED) is 0.379. The first kappa shape index (κ1) is 24.8. The number of halogens is 2. The number of carbonyl (C=O) groups excluding carboxylic acids is 1. The summed E-state index contributed by atoms with van der Waals surface area (Å²) in [6.45, 7) is 0.190. The minimum Gasteiger partial charge on any atom is -0.302 e. The number of aryl methyl sites for hydroxylation is 1. The van der Waals surface area contributed by atoms with E-state index in [-0.39, 0.29) is 25.5 Å². The van der Waals surface area contributed by atoms with Gasteiger partial charge in [-0.05, 0) is 36.4 Å². The Morgan fingerprint density at radius 3 is 2.35 bits per heavy atom. The number of hydrogen-bond acceptors (Lipinski definition) is 4. The monoisotopic (exact) mass is 522 g/mol. The number of aromatic nitrogens is 2. The lowest BCUT2D eigenvalue weighted by Gasteiger charge is -2.28. The number of hydrogen-bond donors (Lipinski definition) is 0. The van der Waals surface area contributed by atoms with Gasteiger partial charge in [-0.15, -0.1) is 0 Å². The summed E-state index contributed by atoms with van der Waals surface area (Å²) in [5.41, 5.74) is 3.24. The van der Waals surface area contributed by atoms with Gasteiger partial charge in [0.05, 0.1) is 12.2 Å². The highest BCUT2D eigenvalue weighted by molar-refractivity contribution is 7.89. The number of rotatable bonds is 6. The molecule has 1 amide bonds. The van der Waals surface area contributed by atoms with E-state index in [2.05, 4.69) is 5.10 Å². The van der Waals surface area contributed by atoms with Gasteiger partial charge in [-0.25, -0.2) is 17.2 Å². The first-order valence-corrected chi connectivity index (χ1v) is 13.1. The van der Waals surface area contributed by atoms with E-state index in [1.807, 2.05) is 36.4 Å². The molecule has 37 heavy (non-hydrogen) atoms. The molecule has 0 saturated heterocycles. The average Bonchev–Trinajstić information content (AvgIpc) is 3.22. The van der Waals surface area contributed by atoms with Crippen LogP contribution in [0.25, 0.3) is 0 Å². The fraction of sp³-hybridized carbons (Fsp3) is 0.185. The Kier molecular flexibility index (Phi) is 6.61. The van der Waals surface area contributed by atoms with E-state index in [1.54, 1.807) is 40.9 Å². The zero-order valence-electron chi connectivity index (χ0n) is 20.0. The minimum absolute atomic E-state index is 0.0419. The number of fused-ring (bicyclic) bond motifs is 1. The van der Waals surface area contributed by atoms with Crippen LogP contribution in [0.5, 0.6) is 0 Å². The number of carbonyl (C=O) groups is 1. The van der Waals surface area contributed by atoms with Crippen LogP contribution in [0, 0.1) is 11.6 Å². The molecule has 0 N–H and O–H groups in total. The van der Waals surface area contributed by atoms with Crippen molar-refractivity contribution in [2.75, 3.05) is 11.4 Å². The third-order valence-corrected chi connectivity index (χ3v) is 8.32. The second-order valence-electron chi connectivity index (χ2n) is 8.75. The second-order valence-corrected chi connectivity index (χ2v) is 10.7. The number of anilines is 1. The predicted molar refractivity (Wildman–Crippen MR) is 134 cm³/mol. The molecule has 10 heteroatoms. The summed E-state index contributed by atoms with van der Waals surface area (Å²) in [6.07, 6.45) is 0.360. The number of benzene rings is 3. The SMILES string of the molecule is Cn1nc(CN(C(=O)c2ccccc2)c2ccccc2)c2c1CCN(S(=O)(=O)c1ccc(F)cc1F)C2. The number of amides is 1. The van der Waals surface area contributed by atoms with Crippen LogP contribution in [-0.4, -0.2) is 35.0 Å². The lowest BCUT2D eigenvalue weighted by atomic mass is 10.1. The maximum absolute atomic E-state index is 14.4. The van der Waals surface area contributed by atoms with Crippen molar-refractivity contribution in [1.29, 1.82) is 0 Å². The van der Waals surface area contributed by atoms with Crippen LogP contribution in [0.3, 0.4) is 0 Å². The van der Waals surface area contributed by atoms with E-state index >= 15 is 0 Å². The number of sulfonamides is 1. The topological polar surface area (TPSA) is 75.5 Å². The van der Waals surface area contributed by atoms with Gasteiger partial charge < -0.3 is 4.90 Å². The summed E-state index contributed by atoms with van der Waals surface area (Å²) in [4.78, 5) is 14.5. The van der Waals surface area contributed by atoms with Gasteiger partial charge in [-0.2, -0.15) is 9.40 Å². The molecule has 1 aromatic heterocycles. The summed E-state index contributed by atoms with van der Waals surface area (Å²) in [6, 6.07) is 20.5. The highest BCUT2D eigenvalue weighted by Crippen LogP contribution is 2.30. The first-order chi connectivity index (χ1) is 17.8. The smallest absolute Gasteiger partial charge is 0.258 e. The van der Waals surface area contributed by atoms with Gasteiger partial charge in [0.25, 0.3) is 5.91 Å². The average molecular weight is 523 g/mol. The van der Waals surface area contributed by atoms with E-state index in [9.17, 15) is 22.0 Å². The maximum atomic E-state index is 14.4. The van der Waals surface area contributed by atoms with Crippen LogP contribution < -0.4 is 4.90 Å². The van der Waals surface area contributed by atoms with Crippen molar-refractivity contribution in [3.63, 3.8) is 0 Å². The molecule has 7 nitrogen and oxygen atoms in total. The van der Waals surface area contributed by atoms with Gasteiger partial charge in [0.2, 0.25) is 10.0 Å². The van der Waals surface area contributed by atoms with Crippen LogP contribution in [-0.2, 0) is 36.6 Å². The number of para-hydroxylation sites is 1. The van der Waals surface area contributed by atoms with Crippen molar-refractivity contribution in [3.05, 3.63) is 113 Å². The summed E-state index contributed by atoms with van der Waals surface area (Å²) < 4.78 is 57.2. The van der Waals surface area contributed by atoms with Gasteiger partial charge >= 0.3 is 0 Å². The maximum Gasteiger partial charge on any atom is 0.258 e. The number of nitrogens with zero attached hydrogens (tertiary/aromatic N) is 4. The van der Waals surface area contributed by atoms with Crippen molar-refractivity contribution < 1.29 is 22.0 Å². The molecule has 0 spiro atoms. The Morgan fingerprint density at radius 2 is 1.68 bits per heavy atom. The summed E-state index contributed by atoms with van der Waals surface area (Å²) in [7, 11) is -2.45. The zero-order valence-corrected chi connectivity index (χ0v) is 20.8. The molecule has 0 saturated carbocycles. The van der Waals surface area contributed by atoms with E-state index in [0.29, 0.717) is 35.0 Å². The van der Waals surface area contributed by atoms with Gasteiger partial charge in [0, 0.05) is 55.1 Å². The molecular formula is C27H24F2N4O3S. The molecular weight excluding hydrogens is 498 g/mol. The summed E-state index contributed by atoms with van der Waals surface area (Å²) in [5.74, 6) is -2.21. The van der Waals surface area contributed by atoms with E-state index in [0.717, 1.165) is 17.8 Å². The molecule has 3 aromatic carbocycles. The fourth-order valence-corrected chi connectivity index (χ4v) is 6.03. The minimum atomic E-state index is -4.23. The Bertz CT molecular complexity index is 1560. The highest BCUT2D eigenvalue weighted by atomic mass is 32.2. The molecule has 0 radical (unpaired) electrons. The van der Waals surface area contributed by atoms with Crippen molar-refractivity contribution in [1.82, 2.24) is 14.1 Å². The second kappa shape index (κ2) is 9.87. The zero-order chi connectivity index (χ0) is 26.2. The molecule has 0 aliphatic carbocycles. The van der Waals surface area contributed by atoms with Gasteiger partial charge in [0.15, 0.2) is 0 Å². The standard InChI is InChI=1S/C27H24F2N4O3S/c1-31-25-14-15-32(37(35,36)26-13-12-20(28)16-23(26)29)17-22(25)24(30-31)18-33(21-10-6-3-7-11-21)27(34)19-8-4-2-5-9-19/h2-13,16H,14-15,17-18H2,1H3. The molecule has 5 rings (SSSR count). The third kappa shape index (κ3) is 4.77. The van der Waals surface area contributed by atoms with Crippen molar-refractivity contribution >= 4 is 21.6 Å². The van der Waals surface area contributed by atoms with E-state index in [1.165, 1.54) is 4.31 Å². The van der Waals surface area contributed by atoms with E-state index < -0.39 is 26.6 Å². The molecule has 0 atom stereocenters. The molecule has 0 fully saturated rings. The van der Waals surface area contributed by atoms with Crippen molar-refractivity contribution in [2.45, 2.75) is 24.4 Å². The predicted octanol–water partition coefficient (Wildman–Crippen LogP) is 4.29. The van der Waals surface area contributed by atoms with Crippen LogP contribution >= 0.6 is 0 Å². The van der Waals surface area contributed by atoms with E-state index in [4.69, 9.17) is 0 Å². The van der Waals surface area contributed by atoms with Crippen LogP contribution in [0.4, 0.5) is 14.5 Å². The Hall–Kier alpha value is -3.89. The van der Waals surface area contributed by atoms with Crippen LogP contribution in [0.15, 0.2) is 83.8 Å². The molecule has 2 heterocycles. The van der Waals surface area contributed by atoms with Gasteiger partial charge in [-0.1, -0.05) is 36.4 Å². The van der Waals surface area contributed by atoms with Crippen molar-refractivity contribution in [2.24, 2.45) is 7.05 Å². The van der Waals surface area contributed by atoms with Crippen molar-refractivity contribution in [3.8, 4) is 0 Å². The third-order valence-electron chi connectivity index (χ3n) is 6.44. The first-order valence-electron chi connectivity index (χ1n) is 11.7. The van der Waals surface area contributed by atoms with Gasteiger partial charge in [-0.3, -0.25) is 9.48 Å².